The van der Waals surface area contributed by atoms with Crippen LogP contribution in [0.5, 0.6) is 5.75 Å². The number of methoxy groups -OCH3 is 1. The first-order valence-electron chi connectivity index (χ1n) is 4.86. The Bertz CT molecular complexity index is 308. The molecule has 76 valence electrons. The van der Waals surface area contributed by atoms with Crippen LogP contribution in [0, 0.1) is 0 Å². The van der Waals surface area contributed by atoms with E-state index in [0.29, 0.717) is 17.9 Å². The normalized spacial score (nSPS) is 25.5. The van der Waals surface area contributed by atoms with Crippen LogP contribution >= 0.6 is 0 Å². The number of rotatable bonds is 3. The zero-order valence-electron chi connectivity index (χ0n) is 8.23. The molecule has 3 heteroatoms. The molecular formula is C11H15NO2. The minimum atomic E-state index is 0.303. The molecule has 1 fully saturated rings. The van der Waals surface area contributed by atoms with Gasteiger partial charge in [-0.25, -0.2) is 0 Å². The molecule has 0 aliphatic heterocycles. The average Bonchev–Trinajstić information content (AvgIpc) is 2.10. The first-order chi connectivity index (χ1) is 6.78. The van der Waals surface area contributed by atoms with E-state index in [2.05, 4.69) is 5.32 Å². The first kappa shape index (κ1) is 9.34. The maximum atomic E-state index is 9.25. The van der Waals surface area contributed by atoms with Gasteiger partial charge in [-0.15, -0.1) is 0 Å². The zero-order chi connectivity index (χ0) is 9.97. The Morgan fingerprint density at radius 2 is 2.21 bits per heavy atom. The fraction of sp³-hybridized carbons (Fsp3) is 0.455. The van der Waals surface area contributed by atoms with E-state index in [1.165, 1.54) is 0 Å². The van der Waals surface area contributed by atoms with Crippen molar-refractivity contribution in [3.05, 3.63) is 24.3 Å². The van der Waals surface area contributed by atoms with Gasteiger partial charge in [0.25, 0.3) is 0 Å². The summed E-state index contributed by atoms with van der Waals surface area (Å²) in [4.78, 5) is 0. The SMILES string of the molecule is COC1CC(Nc2cccc(O)c2)C1. The number of anilines is 1. The summed E-state index contributed by atoms with van der Waals surface area (Å²) in [6.45, 7) is 0. The maximum absolute atomic E-state index is 9.25. The number of hydrogen-bond donors (Lipinski definition) is 2. The maximum Gasteiger partial charge on any atom is 0.117 e. The van der Waals surface area contributed by atoms with Gasteiger partial charge < -0.3 is 15.2 Å². The van der Waals surface area contributed by atoms with Gasteiger partial charge in [0.15, 0.2) is 0 Å². The van der Waals surface area contributed by atoms with E-state index >= 15 is 0 Å². The van der Waals surface area contributed by atoms with Gasteiger partial charge in [-0.1, -0.05) is 6.07 Å². The lowest BCUT2D eigenvalue weighted by atomic mass is 9.89. The van der Waals surface area contributed by atoms with Crippen LogP contribution in [0.3, 0.4) is 0 Å². The average molecular weight is 193 g/mol. The molecule has 2 N–H and O–H groups in total. The number of aromatic hydroxyl groups is 1. The molecule has 0 amide bonds. The largest absolute Gasteiger partial charge is 0.508 e. The van der Waals surface area contributed by atoms with Crippen molar-refractivity contribution in [2.24, 2.45) is 0 Å². The fourth-order valence-electron chi connectivity index (χ4n) is 1.71. The van der Waals surface area contributed by atoms with E-state index in [4.69, 9.17) is 4.74 Å². The molecular weight excluding hydrogens is 178 g/mol. The zero-order valence-corrected chi connectivity index (χ0v) is 8.23. The second-order valence-electron chi connectivity index (χ2n) is 3.72. The van der Waals surface area contributed by atoms with Gasteiger partial charge in [-0.05, 0) is 25.0 Å². The van der Waals surface area contributed by atoms with E-state index in [0.717, 1.165) is 18.5 Å². The standard InChI is InChI=1S/C11H15NO2/c1-14-11-6-9(7-11)12-8-3-2-4-10(13)5-8/h2-5,9,11-13H,6-7H2,1H3. The van der Waals surface area contributed by atoms with Crippen LogP contribution in [0.15, 0.2) is 24.3 Å². The van der Waals surface area contributed by atoms with E-state index < -0.39 is 0 Å². The number of nitrogens with one attached hydrogen (secondary N) is 1. The Balaban J connectivity index is 1.87. The van der Waals surface area contributed by atoms with E-state index in [-0.39, 0.29) is 0 Å². The van der Waals surface area contributed by atoms with Gasteiger partial charge in [-0.2, -0.15) is 0 Å². The number of hydrogen-bond acceptors (Lipinski definition) is 3. The third kappa shape index (κ3) is 1.99. The molecule has 14 heavy (non-hydrogen) atoms. The summed E-state index contributed by atoms with van der Waals surface area (Å²) < 4.78 is 5.19. The molecule has 1 saturated carbocycles. The van der Waals surface area contributed by atoms with Gasteiger partial charge in [0.2, 0.25) is 0 Å². The first-order valence-corrected chi connectivity index (χ1v) is 4.86. The number of ether oxygens (including phenoxy) is 1. The molecule has 0 heterocycles. The highest BCUT2D eigenvalue weighted by molar-refractivity contribution is 5.48. The van der Waals surface area contributed by atoms with Crippen LogP contribution in [-0.2, 0) is 4.74 Å². The summed E-state index contributed by atoms with van der Waals surface area (Å²) in [7, 11) is 1.75. The predicted molar refractivity (Wildman–Crippen MR) is 55.5 cm³/mol. The summed E-state index contributed by atoms with van der Waals surface area (Å²) in [5, 5.41) is 12.6. The molecule has 0 saturated heterocycles. The lowest BCUT2D eigenvalue weighted by molar-refractivity contribution is 0.0329. The number of phenols is 1. The van der Waals surface area contributed by atoms with Crippen LogP contribution in [0.2, 0.25) is 0 Å². The van der Waals surface area contributed by atoms with Crippen molar-refractivity contribution in [2.75, 3.05) is 12.4 Å². The minimum absolute atomic E-state index is 0.303. The lowest BCUT2D eigenvalue weighted by Gasteiger charge is -2.35. The van der Waals surface area contributed by atoms with Crippen molar-refractivity contribution in [1.29, 1.82) is 0 Å². The Morgan fingerprint density at radius 1 is 1.43 bits per heavy atom. The minimum Gasteiger partial charge on any atom is -0.508 e. The fourth-order valence-corrected chi connectivity index (χ4v) is 1.71. The Hall–Kier alpha value is -1.22. The lowest BCUT2D eigenvalue weighted by Crippen LogP contribution is -2.40. The molecule has 0 bridgehead atoms. The molecule has 0 aromatic heterocycles. The third-order valence-electron chi connectivity index (χ3n) is 2.65. The topological polar surface area (TPSA) is 41.5 Å². The van der Waals surface area contributed by atoms with Crippen LogP contribution in [-0.4, -0.2) is 24.4 Å². The monoisotopic (exact) mass is 193 g/mol. The second kappa shape index (κ2) is 3.88. The predicted octanol–water partition coefficient (Wildman–Crippen LogP) is 1.98. The molecule has 1 aromatic rings. The van der Waals surface area contributed by atoms with Gasteiger partial charge in [0.05, 0.1) is 6.10 Å². The van der Waals surface area contributed by atoms with Crippen molar-refractivity contribution in [3.63, 3.8) is 0 Å². The summed E-state index contributed by atoms with van der Waals surface area (Å²) >= 11 is 0. The molecule has 0 atom stereocenters. The van der Waals surface area contributed by atoms with Gasteiger partial charge in [0.1, 0.15) is 5.75 Å². The molecule has 1 aliphatic carbocycles. The molecule has 2 rings (SSSR count). The Labute approximate surface area is 83.7 Å². The second-order valence-corrected chi connectivity index (χ2v) is 3.72. The molecule has 1 aliphatic rings. The van der Waals surface area contributed by atoms with E-state index in [1.807, 2.05) is 12.1 Å². The van der Waals surface area contributed by atoms with Crippen LogP contribution < -0.4 is 5.32 Å². The van der Waals surface area contributed by atoms with Crippen molar-refractivity contribution in [3.8, 4) is 5.75 Å². The van der Waals surface area contributed by atoms with Crippen molar-refractivity contribution < 1.29 is 9.84 Å². The number of phenolic OH excluding ortho intramolecular Hbond substituents is 1. The molecule has 0 unspecified atom stereocenters. The highest BCUT2D eigenvalue weighted by atomic mass is 16.5. The summed E-state index contributed by atoms with van der Waals surface area (Å²) in [6, 6.07) is 7.69. The van der Waals surface area contributed by atoms with Gasteiger partial charge >= 0.3 is 0 Å². The Morgan fingerprint density at radius 3 is 2.86 bits per heavy atom. The molecule has 1 aromatic carbocycles. The van der Waals surface area contributed by atoms with Gasteiger partial charge in [-0.3, -0.25) is 0 Å². The smallest absolute Gasteiger partial charge is 0.117 e. The van der Waals surface area contributed by atoms with E-state index in [9.17, 15) is 5.11 Å². The summed E-state index contributed by atoms with van der Waals surface area (Å²) in [6.07, 6.45) is 2.50. The molecule has 3 nitrogen and oxygen atoms in total. The van der Waals surface area contributed by atoms with Crippen LogP contribution in [0.1, 0.15) is 12.8 Å². The van der Waals surface area contributed by atoms with Crippen molar-refractivity contribution in [2.45, 2.75) is 25.0 Å². The molecule has 0 spiro atoms. The van der Waals surface area contributed by atoms with Crippen LogP contribution in [0.25, 0.3) is 0 Å². The highest BCUT2D eigenvalue weighted by Crippen LogP contribution is 2.27. The van der Waals surface area contributed by atoms with Crippen molar-refractivity contribution >= 4 is 5.69 Å². The third-order valence-corrected chi connectivity index (χ3v) is 2.65. The highest BCUT2D eigenvalue weighted by Gasteiger charge is 2.28. The summed E-state index contributed by atoms with van der Waals surface area (Å²) in [5.41, 5.74) is 0.976. The number of benzene rings is 1. The van der Waals surface area contributed by atoms with E-state index in [1.54, 1.807) is 19.2 Å². The quantitative estimate of drug-likeness (QED) is 0.771. The van der Waals surface area contributed by atoms with Crippen LogP contribution in [0.4, 0.5) is 5.69 Å². The molecule has 0 radical (unpaired) electrons. The Kier molecular flexibility index (Phi) is 2.59. The summed E-state index contributed by atoms with van der Waals surface area (Å²) in [5.74, 6) is 0.303. The van der Waals surface area contributed by atoms with Gasteiger partial charge in [0, 0.05) is 24.9 Å². The van der Waals surface area contributed by atoms with Crippen molar-refractivity contribution in [1.82, 2.24) is 0 Å².